The standard InChI is InChI=1S/C12H16F3NOS/c1-17-9-4-5-11(16-6-3-7-18-2)10(8-9)12(13,14)15/h4-5,8,16H,3,6-7H2,1-2H3. The number of alkyl halides is 3. The van der Waals surface area contributed by atoms with E-state index in [1.54, 1.807) is 11.8 Å². The molecule has 102 valence electrons. The maximum absolute atomic E-state index is 12.8. The van der Waals surface area contributed by atoms with Gasteiger partial charge in [0.2, 0.25) is 0 Å². The van der Waals surface area contributed by atoms with E-state index in [1.165, 1.54) is 19.2 Å². The number of ether oxygens (including phenoxy) is 1. The van der Waals surface area contributed by atoms with E-state index in [2.05, 4.69) is 5.32 Å². The number of nitrogens with one attached hydrogen (secondary N) is 1. The van der Waals surface area contributed by atoms with Crippen LogP contribution in [-0.2, 0) is 6.18 Å². The molecule has 1 aromatic rings. The number of hydrogen-bond donors (Lipinski definition) is 1. The molecule has 2 nitrogen and oxygen atoms in total. The molecule has 0 saturated heterocycles. The zero-order valence-corrected chi connectivity index (χ0v) is 11.1. The monoisotopic (exact) mass is 279 g/mol. The Hall–Kier alpha value is -1.04. The summed E-state index contributed by atoms with van der Waals surface area (Å²) >= 11 is 1.67. The second-order valence-electron chi connectivity index (χ2n) is 3.68. The van der Waals surface area contributed by atoms with Crippen molar-refractivity contribution in [1.82, 2.24) is 0 Å². The van der Waals surface area contributed by atoms with Crippen LogP contribution in [0.2, 0.25) is 0 Å². The number of anilines is 1. The summed E-state index contributed by atoms with van der Waals surface area (Å²) in [6, 6.07) is 3.93. The fraction of sp³-hybridized carbons (Fsp3) is 0.500. The van der Waals surface area contributed by atoms with Gasteiger partial charge < -0.3 is 10.1 Å². The van der Waals surface area contributed by atoms with Gasteiger partial charge in [-0.15, -0.1) is 0 Å². The number of hydrogen-bond acceptors (Lipinski definition) is 3. The summed E-state index contributed by atoms with van der Waals surface area (Å²) in [4.78, 5) is 0. The average Bonchev–Trinajstić information content (AvgIpc) is 2.33. The van der Waals surface area contributed by atoms with Gasteiger partial charge in [-0.2, -0.15) is 24.9 Å². The lowest BCUT2D eigenvalue weighted by Gasteiger charge is -2.15. The fourth-order valence-corrected chi connectivity index (χ4v) is 1.91. The van der Waals surface area contributed by atoms with Crippen LogP contribution in [0.25, 0.3) is 0 Å². The van der Waals surface area contributed by atoms with Crippen LogP contribution in [0, 0.1) is 0 Å². The molecule has 0 amide bonds. The zero-order valence-electron chi connectivity index (χ0n) is 10.3. The maximum Gasteiger partial charge on any atom is 0.418 e. The second-order valence-corrected chi connectivity index (χ2v) is 4.67. The van der Waals surface area contributed by atoms with E-state index < -0.39 is 11.7 Å². The van der Waals surface area contributed by atoms with E-state index >= 15 is 0 Å². The lowest BCUT2D eigenvalue weighted by Crippen LogP contribution is -2.12. The van der Waals surface area contributed by atoms with Crippen molar-refractivity contribution in [3.8, 4) is 5.75 Å². The third kappa shape index (κ3) is 4.33. The molecule has 6 heteroatoms. The number of methoxy groups -OCH3 is 1. The smallest absolute Gasteiger partial charge is 0.418 e. The molecule has 0 aliphatic carbocycles. The first kappa shape index (κ1) is 15.0. The molecule has 0 bridgehead atoms. The van der Waals surface area contributed by atoms with Gasteiger partial charge in [-0.1, -0.05) is 0 Å². The van der Waals surface area contributed by atoms with Crippen LogP contribution in [0.4, 0.5) is 18.9 Å². The van der Waals surface area contributed by atoms with Crippen LogP contribution >= 0.6 is 11.8 Å². The number of benzene rings is 1. The lowest BCUT2D eigenvalue weighted by atomic mass is 10.1. The van der Waals surface area contributed by atoms with Crippen molar-refractivity contribution in [3.05, 3.63) is 23.8 Å². The number of halogens is 3. The van der Waals surface area contributed by atoms with Gasteiger partial charge in [0.1, 0.15) is 5.75 Å². The molecule has 0 unspecified atom stereocenters. The summed E-state index contributed by atoms with van der Waals surface area (Å²) < 4.78 is 43.3. The summed E-state index contributed by atoms with van der Waals surface area (Å²) in [7, 11) is 1.35. The van der Waals surface area contributed by atoms with E-state index in [0.717, 1.165) is 18.2 Å². The number of thioether (sulfide) groups is 1. The maximum atomic E-state index is 12.8. The Labute approximate surface area is 109 Å². The highest BCUT2D eigenvalue weighted by molar-refractivity contribution is 7.98. The minimum absolute atomic E-state index is 0.101. The van der Waals surface area contributed by atoms with Crippen molar-refractivity contribution in [2.24, 2.45) is 0 Å². The Kier molecular flexibility index (Phi) is 5.65. The van der Waals surface area contributed by atoms with E-state index in [0.29, 0.717) is 6.54 Å². The molecular weight excluding hydrogens is 263 g/mol. The van der Waals surface area contributed by atoms with Gasteiger partial charge in [0.05, 0.1) is 12.7 Å². The van der Waals surface area contributed by atoms with Crippen molar-refractivity contribution < 1.29 is 17.9 Å². The predicted octanol–water partition coefficient (Wildman–Crippen LogP) is 3.88. The third-order valence-electron chi connectivity index (χ3n) is 2.37. The van der Waals surface area contributed by atoms with E-state index in [4.69, 9.17) is 4.74 Å². The number of rotatable bonds is 6. The van der Waals surface area contributed by atoms with Crippen LogP contribution in [0.5, 0.6) is 5.75 Å². The van der Waals surface area contributed by atoms with Crippen molar-refractivity contribution in [2.75, 3.05) is 31.0 Å². The molecule has 0 saturated carbocycles. The SMILES string of the molecule is COc1ccc(NCCCSC)c(C(F)(F)F)c1. The topological polar surface area (TPSA) is 21.3 Å². The molecule has 0 spiro atoms. The Bertz CT molecular complexity index is 382. The van der Waals surface area contributed by atoms with Crippen LogP contribution in [-0.4, -0.2) is 25.7 Å². The molecule has 1 aromatic carbocycles. The molecule has 18 heavy (non-hydrogen) atoms. The van der Waals surface area contributed by atoms with Crippen LogP contribution in [0.3, 0.4) is 0 Å². The van der Waals surface area contributed by atoms with E-state index in [-0.39, 0.29) is 11.4 Å². The van der Waals surface area contributed by atoms with Crippen LogP contribution in [0.1, 0.15) is 12.0 Å². The quantitative estimate of drug-likeness (QED) is 0.798. The Morgan fingerprint density at radius 2 is 2.06 bits per heavy atom. The molecule has 0 aromatic heterocycles. The summed E-state index contributed by atoms with van der Waals surface area (Å²) in [6.07, 6.45) is -1.59. The van der Waals surface area contributed by atoms with Gasteiger partial charge in [-0.25, -0.2) is 0 Å². The molecule has 0 radical (unpaired) electrons. The summed E-state index contributed by atoms with van der Waals surface area (Å²) in [5.74, 6) is 1.13. The molecule has 0 aliphatic heterocycles. The minimum Gasteiger partial charge on any atom is -0.497 e. The van der Waals surface area contributed by atoms with Gasteiger partial charge in [0, 0.05) is 12.2 Å². The van der Waals surface area contributed by atoms with Crippen LogP contribution in [0.15, 0.2) is 18.2 Å². The van der Waals surface area contributed by atoms with Gasteiger partial charge in [0.25, 0.3) is 0 Å². The predicted molar refractivity (Wildman–Crippen MR) is 69.5 cm³/mol. The molecular formula is C12H16F3NOS. The van der Waals surface area contributed by atoms with Crippen molar-refractivity contribution in [3.63, 3.8) is 0 Å². The molecule has 0 atom stereocenters. The largest absolute Gasteiger partial charge is 0.497 e. The van der Waals surface area contributed by atoms with Gasteiger partial charge in [0.15, 0.2) is 0 Å². The Balaban J connectivity index is 2.82. The summed E-state index contributed by atoms with van der Waals surface area (Å²) in [5.41, 5.74) is -0.588. The second kappa shape index (κ2) is 6.78. The molecule has 1 rings (SSSR count). The van der Waals surface area contributed by atoms with Gasteiger partial charge in [-0.05, 0) is 36.6 Å². The first-order chi connectivity index (χ1) is 8.49. The van der Waals surface area contributed by atoms with E-state index in [1.807, 2.05) is 6.26 Å². The summed E-state index contributed by atoms with van der Waals surface area (Å²) in [5, 5.41) is 2.82. The van der Waals surface area contributed by atoms with Crippen molar-refractivity contribution in [2.45, 2.75) is 12.6 Å². The first-order valence-electron chi connectivity index (χ1n) is 5.47. The minimum atomic E-state index is -4.38. The third-order valence-corrected chi connectivity index (χ3v) is 3.07. The molecule has 0 fully saturated rings. The first-order valence-corrected chi connectivity index (χ1v) is 6.86. The zero-order chi connectivity index (χ0) is 13.6. The van der Waals surface area contributed by atoms with Crippen molar-refractivity contribution >= 4 is 17.4 Å². The van der Waals surface area contributed by atoms with Gasteiger partial charge in [-0.3, -0.25) is 0 Å². The lowest BCUT2D eigenvalue weighted by molar-refractivity contribution is -0.137. The Morgan fingerprint density at radius 3 is 2.61 bits per heavy atom. The summed E-state index contributed by atoms with van der Waals surface area (Å²) in [6.45, 7) is 0.524. The van der Waals surface area contributed by atoms with Gasteiger partial charge >= 0.3 is 6.18 Å². The molecule has 0 heterocycles. The highest BCUT2D eigenvalue weighted by Crippen LogP contribution is 2.37. The highest BCUT2D eigenvalue weighted by atomic mass is 32.2. The normalized spacial score (nSPS) is 11.4. The average molecular weight is 279 g/mol. The Morgan fingerprint density at radius 1 is 1.33 bits per heavy atom. The van der Waals surface area contributed by atoms with Crippen LogP contribution < -0.4 is 10.1 Å². The van der Waals surface area contributed by atoms with E-state index in [9.17, 15) is 13.2 Å². The molecule has 1 N–H and O–H groups in total. The highest BCUT2D eigenvalue weighted by Gasteiger charge is 2.33. The molecule has 0 aliphatic rings. The van der Waals surface area contributed by atoms with Crippen molar-refractivity contribution in [1.29, 1.82) is 0 Å². The fourth-order valence-electron chi connectivity index (χ4n) is 1.48.